The second kappa shape index (κ2) is 7.89. The molecule has 1 aliphatic rings. The van der Waals surface area contributed by atoms with Crippen LogP contribution < -0.4 is 5.32 Å². The molecule has 2 rings (SSSR count). The molecular formula is C14H20ClF3N2O2. The number of benzene rings is 1. The summed E-state index contributed by atoms with van der Waals surface area (Å²) in [5.41, 5.74) is 0.348. The van der Waals surface area contributed by atoms with Gasteiger partial charge in [-0.1, -0.05) is 12.1 Å². The molecule has 22 heavy (non-hydrogen) atoms. The fourth-order valence-electron chi connectivity index (χ4n) is 2.65. The van der Waals surface area contributed by atoms with Gasteiger partial charge in [-0.3, -0.25) is 4.90 Å². The summed E-state index contributed by atoms with van der Waals surface area (Å²) in [4.78, 5) is 1.91. The van der Waals surface area contributed by atoms with Gasteiger partial charge in [0.15, 0.2) is 11.5 Å². The lowest BCUT2D eigenvalue weighted by molar-refractivity contribution is -0.138. The first-order valence-electron chi connectivity index (χ1n) is 6.91. The van der Waals surface area contributed by atoms with Gasteiger partial charge in [0, 0.05) is 44.2 Å². The van der Waals surface area contributed by atoms with Gasteiger partial charge in [0.25, 0.3) is 0 Å². The van der Waals surface area contributed by atoms with Gasteiger partial charge in [-0.05, 0) is 12.5 Å². The van der Waals surface area contributed by atoms with Gasteiger partial charge in [-0.15, -0.1) is 12.4 Å². The topological polar surface area (TPSA) is 55.7 Å². The Hall–Kier alpha value is -1.18. The summed E-state index contributed by atoms with van der Waals surface area (Å²) in [6.45, 7) is 2.61. The van der Waals surface area contributed by atoms with E-state index in [1.54, 1.807) is 6.07 Å². The van der Waals surface area contributed by atoms with E-state index in [-0.39, 0.29) is 30.3 Å². The van der Waals surface area contributed by atoms with E-state index in [0.29, 0.717) is 31.7 Å². The van der Waals surface area contributed by atoms with Crippen LogP contribution in [0.25, 0.3) is 0 Å². The molecule has 0 radical (unpaired) electrons. The highest BCUT2D eigenvalue weighted by Gasteiger charge is 2.32. The van der Waals surface area contributed by atoms with E-state index in [2.05, 4.69) is 5.32 Å². The van der Waals surface area contributed by atoms with Crippen LogP contribution in [-0.2, 0) is 0 Å². The summed E-state index contributed by atoms with van der Waals surface area (Å²) < 4.78 is 37.6. The van der Waals surface area contributed by atoms with Crippen molar-refractivity contribution in [1.29, 1.82) is 0 Å². The Bertz CT molecular complexity index is 480. The van der Waals surface area contributed by atoms with E-state index in [0.717, 1.165) is 0 Å². The number of hydrogen-bond acceptors (Lipinski definition) is 4. The quantitative estimate of drug-likeness (QED) is 0.738. The predicted octanol–water partition coefficient (Wildman–Crippen LogP) is 2.81. The Morgan fingerprint density at radius 3 is 2.41 bits per heavy atom. The zero-order valence-electron chi connectivity index (χ0n) is 11.9. The van der Waals surface area contributed by atoms with Gasteiger partial charge in [-0.2, -0.15) is 13.2 Å². The van der Waals surface area contributed by atoms with Crippen LogP contribution in [0.5, 0.6) is 11.5 Å². The molecular weight excluding hydrogens is 321 g/mol. The molecule has 1 aromatic carbocycles. The maximum Gasteiger partial charge on any atom is 0.389 e. The summed E-state index contributed by atoms with van der Waals surface area (Å²) in [6, 6.07) is 3.86. The van der Waals surface area contributed by atoms with E-state index in [4.69, 9.17) is 0 Å². The number of nitrogens with one attached hydrogen (secondary N) is 1. The molecule has 4 nitrogen and oxygen atoms in total. The van der Waals surface area contributed by atoms with E-state index in [9.17, 15) is 23.4 Å². The Kier molecular flexibility index (Phi) is 6.77. The van der Waals surface area contributed by atoms with Crippen molar-refractivity contribution < 1.29 is 23.4 Å². The largest absolute Gasteiger partial charge is 0.504 e. The van der Waals surface area contributed by atoms with Crippen molar-refractivity contribution in [3.63, 3.8) is 0 Å². The number of halogens is 4. The van der Waals surface area contributed by atoms with E-state index in [1.807, 2.05) is 4.90 Å². The number of rotatable bonds is 4. The van der Waals surface area contributed by atoms with Crippen LogP contribution >= 0.6 is 12.4 Å². The van der Waals surface area contributed by atoms with Crippen LogP contribution in [0.15, 0.2) is 18.2 Å². The fraction of sp³-hybridized carbons (Fsp3) is 0.571. The number of phenols is 2. The maximum atomic E-state index is 12.5. The molecule has 0 aromatic heterocycles. The Morgan fingerprint density at radius 2 is 1.82 bits per heavy atom. The molecule has 1 aliphatic heterocycles. The van der Waals surface area contributed by atoms with Crippen molar-refractivity contribution >= 4 is 12.4 Å². The first-order chi connectivity index (χ1) is 9.88. The molecule has 1 fully saturated rings. The lowest BCUT2D eigenvalue weighted by atomic mass is 9.98. The van der Waals surface area contributed by atoms with Crippen LogP contribution in [0.2, 0.25) is 0 Å². The van der Waals surface area contributed by atoms with Crippen LogP contribution in [0.1, 0.15) is 24.4 Å². The summed E-state index contributed by atoms with van der Waals surface area (Å²) in [7, 11) is 0. The third kappa shape index (κ3) is 4.93. The van der Waals surface area contributed by atoms with Crippen molar-refractivity contribution in [2.75, 3.05) is 26.2 Å². The molecule has 1 aromatic rings. The number of alkyl halides is 3. The first-order valence-corrected chi connectivity index (χ1v) is 6.91. The van der Waals surface area contributed by atoms with E-state index < -0.39 is 18.6 Å². The van der Waals surface area contributed by atoms with Crippen LogP contribution in [0.4, 0.5) is 13.2 Å². The van der Waals surface area contributed by atoms with Crippen LogP contribution in [-0.4, -0.2) is 47.5 Å². The highest BCUT2D eigenvalue weighted by Crippen LogP contribution is 2.39. The molecule has 0 unspecified atom stereocenters. The van der Waals surface area contributed by atoms with Gasteiger partial charge in [-0.25, -0.2) is 0 Å². The van der Waals surface area contributed by atoms with Crippen molar-refractivity contribution in [3.05, 3.63) is 23.8 Å². The standard InChI is InChI=1S/C14H19F3N2O2.ClH/c15-14(16,17)5-4-11(19-8-6-18-7-9-19)10-2-1-3-12(20)13(10)21;/h1-3,11,18,20-21H,4-9H2;1H/t11-;/m0./s1. The van der Waals surface area contributed by atoms with Crippen LogP contribution in [0, 0.1) is 0 Å². The molecule has 3 N–H and O–H groups in total. The average Bonchev–Trinajstić information content (AvgIpc) is 2.43. The molecule has 1 atom stereocenters. The third-order valence-electron chi connectivity index (χ3n) is 3.70. The second-order valence-electron chi connectivity index (χ2n) is 5.17. The van der Waals surface area contributed by atoms with Gasteiger partial charge in [0.1, 0.15) is 0 Å². The molecule has 126 valence electrons. The Labute approximate surface area is 133 Å². The summed E-state index contributed by atoms with van der Waals surface area (Å²) >= 11 is 0. The summed E-state index contributed by atoms with van der Waals surface area (Å²) in [6.07, 6.45) is -5.30. The second-order valence-corrected chi connectivity index (χ2v) is 5.17. The molecule has 0 saturated carbocycles. The van der Waals surface area contributed by atoms with E-state index >= 15 is 0 Å². The minimum Gasteiger partial charge on any atom is -0.504 e. The van der Waals surface area contributed by atoms with E-state index in [1.165, 1.54) is 12.1 Å². The minimum absolute atomic E-state index is 0. The highest BCUT2D eigenvalue weighted by atomic mass is 35.5. The highest BCUT2D eigenvalue weighted by molar-refractivity contribution is 5.85. The van der Waals surface area contributed by atoms with Crippen molar-refractivity contribution in [1.82, 2.24) is 10.2 Å². The predicted molar refractivity (Wildman–Crippen MR) is 79.5 cm³/mol. The monoisotopic (exact) mass is 340 g/mol. The molecule has 0 spiro atoms. The van der Waals surface area contributed by atoms with Crippen molar-refractivity contribution in [2.24, 2.45) is 0 Å². The molecule has 0 aliphatic carbocycles. The fourth-order valence-corrected chi connectivity index (χ4v) is 2.65. The average molecular weight is 341 g/mol. The van der Waals surface area contributed by atoms with Gasteiger partial charge >= 0.3 is 6.18 Å². The normalized spacial score (nSPS) is 17.8. The Morgan fingerprint density at radius 1 is 1.18 bits per heavy atom. The number of nitrogens with zero attached hydrogens (tertiary/aromatic N) is 1. The minimum atomic E-state index is -4.24. The SMILES string of the molecule is Cl.Oc1cccc([C@H](CCC(F)(F)F)N2CCNCC2)c1O. The molecule has 0 amide bonds. The smallest absolute Gasteiger partial charge is 0.389 e. The maximum absolute atomic E-state index is 12.5. The lowest BCUT2D eigenvalue weighted by Gasteiger charge is -2.35. The zero-order valence-corrected chi connectivity index (χ0v) is 12.8. The zero-order chi connectivity index (χ0) is 15.5. The van der Waals surface area contributed by atoms with Gasteiger partial charge in [0.05, 0.1) is 0 Å². The number of piperazine rings is 1. The first kappa shape index (κ1) is 18.9. The van der Waals surface area contributed by atoms with Crippen molar-refractivity contribution in [2.45, 2.75) is 25.1 Å². The van der Waals surface area contributed by atoms with Crippen LogP contribution in [0.3, 0.4) is 0 Å². The third-order valence-corrected chi connectivity index (χ3v) is 3.70. The summed E-state index contributed by atoms with van der Waals surface area (Å²) in [5.74, 6) is -0.636. The molecule has 8 heteroatoms. The Balaban J connectivity index is 0.00000242. The summed E-state index contributed by atoms with van der Waals surface area (Å²) in [5, 5.41) is 22.7. The lowest BCUT2D eigenvalue weighted by Crippen LogP contribution is -2.45. The number of para-hydroxylation sites is 1. The molecule has 1 saturated heterocycles. The molecule has 1 heterocycles. The number of phenolic OH excluding ortho intramolecular Hbond substituents is 2. The van der Waals surface area contributed by atoms with Crippen molar-refractivity contribution in [3.8, 4) is 11.5 Å². The molecule has 0 bridgehead atoms. The number of aromatic hydroxyl groups is 2. The van der Waals surface area contributed by atoms with Gasteiger partial charge < -0.3 is 15.5 Å². The number of hydrogen-bond donors (Lipinski definition) is 3. The van der Waals surface area contributed by atoms with Gasteiger partial charge in [0.2, 0.25) is 0 Å².